The van der Waals surface area contributed by atoms with Crippen molar-refractivity contribution in [1.29, 1.82) is 0 Å². The van der Waals surface area contributed by atoms with Crippen molar-refractivity contribution in [1.82, 2.24) is 10.9 Å². The van der Waals surface area contributed by atoms with Gasteiger partial charge in [-0.25, -0.2) is 0 Å². The maximum absolute atomic E-state index is 11.9. The standard InChI is InChI=1S/C18H19ClN2O3/c1-11-7-12(2)17(13(3)8-11)24-10-16(22)20-21-18(23)14-5-4-6-15(19)9-14/h4-9H,10H2,1-3H3,(H,20,22)(H,21,23). The molecular formula is C18H19ClN2O3. The Morgan fingerprint density at radius 3 is 2.33 bits per heavy atom. The van der Waals surface area contributed by atoms with E-state index in [-0.39, 0.29) is 6.61 Å². The highest BCUT2D eigenvalue weighted by molar-refractivity contribution is 6.30. The second kappa shape index (κ2) is 7.84. The van der Waals surface area contributed by atoms with Gasteiger partial charge in [0.1, 0.15) is 5.75 Å². The predicted molar refractivity (Wildman–Crippen MR) is 93.2 cm³/mol. The van der Waals surface area contributed by atoms with Crippen LogP contribution in [-0.4, -0.2) is 18.4 Å². The van der Waals surface area contributed by atoms with Gasteiger partial charge in [-0.15, -0.1) is 0 Å². The molecule has 0 aliphatic heterocycles. The maximum Gasteiger partial charge on any atom is 0.276 e. The molecule has 0 unspecified atom stereocenters. The average Bonchev–Trinajstić information content (AvgIpc) is 2.51. The van der Waals surface area contributed by atoms with Crippen LogP contribution in [0, 0.1) is 20.8 Å². The summed E-state index contributed by atoms with van der Waals surface area (Å²) in [5, 5.41) is 0.447. The molecular weight excluding hydrogens is 328 g/mol. The van der Waals surface area contributed by atoms with Crippen molar-refractivity contribution in [2.75, 3.05) is 6.61 Å². The smallest absolute Gasteiger partial charge is 0.276 e. The molecule has 0 fully saturated rings. The van der Waals surface area contributed by atoms with Crippen molar-refractivity contribution in [3.05, 3.63) is 63.7 Å². The van der Waals surface area contributed by atoms with Gasteiger partial charge in [-0.3, -0.25) is 20.4 Å². The molecule has 2 amide bonds. The van der Waals surface area contributed by atoms with Gasteiger partial charge in [0.15, 0.2) is 6.61 Å². The van der Waals surface area contributed by atoms with Crippen molar-refractivity contribution in [2.45, 2.75) is 20.8 Å². The van der Waals surface area contributed by atoms with Gasteiger partial charge in [0.05, 0.1) is 0 Å². The fourth-order valence-corrected chi connectivity index (χ4v) is 2.59. The number of nitrogens with one attached hydrogen (secondary N) is 2. The van der Waals surface area contributed by atoms with Crippen LogP contribution in [0.5, 0.6) is 5.75 Å². The molecule has 126 valence electrons. The number of hydrogen-bond donors (Lipinski definition) is 2. The minimum absolute atomic E-state index is 0.194. The van der Waals surface area contributed by atoms with Gasteiger partial charge < -0.3 is 4.74 Å². The molecule has 6 heteroatoms. The van der Waals surface area contributed by atoms with Crippen LogP contribution >= 0.6 is 11.6 Å². The second-order valence-electron chi connectivity index (χ2n) is 5.53. The van der Waals surface area contributed by atoms with E-state index >= 15 is 0 Å². The lowest BCUT2D eigenvalue weighted by Gasteiger charge is -2.13. The molecule has 0 aliphatic rings. The lowest BCUT2D eigenvalue weighted by Crippen LogP contribution is -2.43. The van der Waals surface area contributed by atoms with E-state index in [2.05, 4.69) is 10.9 Å². The molecule has 0 spiro atoms. The monoisotopic (exact) mass is 346 g/mol. The molecule has 2 N–H and O–H groups in total. The Morgan fingerprint density at radius 2 is 1.71 bits per heavy atom. The van der Waals surface area contributed by atoms with Gasteiger partial charge in [-0.2, -0.15) is 0 Å². The van der Waals surface area contributed by atoms with Gasteiger partial charge in [-0.1, -0.05) is 35.4 Å². The number of carbonyl (C=O) groups is 2. The van der Waals surface area contributed by atoms with Crippen molar-refractivity contribution < 1.29 is 14.3 Å². The van der Waals surface area contributed by atoms with Crippen molar-refractivity contribution >= 4 is 23.4 Å². The molecule has 5 nitrogen and oxygen atoms in total. The molecule has 24 heavy (non-hydrogen) atoms. The first kappa shape index (κ1) is 17.8. The number of carbonyl (C=O) groups excluding carboxylic acids is 2. The topological polar surface area (TPSA) is 67.4 Å². The molecule has 0 bridgehead atoms. The van der Waals surface area contributed by atoms with Crippen LogP contribution in [0.2, 0.25) is 5.02 Å². The third kappa shape index (κ3) is 4.73. The fraction of sp³-hybridized carbons (Fsp3) is 0.222. The number of ether oxygens (including phenoxy) is 1. The van der Waals surface area contributed by atoms with Crippen LogP contribution in [0.4, 0.5) is 0 Å². The third-order valence-corrected chi connectivity index (χ3v) is 3.59. The Kier molecular flexibility index (Phi) is 5.82. The Morgan fingerprint density at radius 1 is 1.04 bits per heavy atom. The highest BCUT2D eigenvalue weighted by atomic mass is 35.5. The number of rotatable bonds is 4. The molecule has 0 radical (unpaired) electrons. The zero-order valence-electron chi connectivity index (χ0n) is 13.8. The van der Waals surface area contributed by atoms with Gasteiger partial charge in [0.2, 0.25) is 0 Å². The molecule has 2 rings (SSSR count). The summed E-state index contributed by atoms with van der Waals surface area (Å²) in [5.41, 5.74) is 8.05. The van der Waals surface area contributed by atoms with Crippen LogP contribution in [0.25, 0.3) is 0 Å². The van der Waals surface area contributed by atoms with Crippen LogP contribution in [-0.2, 0) is 4.79 Å². The third-order valence-electron chi connectivity index (χ3n) is 3.35. The molecule has 0 aromatic heterocycles. The first-order chi connectivity index (χ1) is 11.4. The van der Waals surface area contributed by atoms with Crippen LogP contribution < -0.4 is 15.6 Å². The summed E-state index contributed by atoms with van der Waals surface area (Å²) in [5.74, 6) is -0.227. The second-order valence-corrected chi connectivity index (χ2v) is 5.97. The molecule has 0 saturated heterocycles. The lowest BCUT2D eigenvalue weighted by molar-refractivity contribution is -0.123. The number of amides is 2. The number of aryl methyl sites for hydroxylation is 3. The minimum atomic E-state index is -0.454. The van der Waals surface area contributed by atoms with Crippen molar-refractivity contribution in [2.24, 2.45) is 0 Å². The van der Waals surface area contributed by atoms with E-state index in [4.69, 9.17) is 16.3 Å². The summed E-state index contributed by atoms with van der Waals surface area (Å²) in [6.07, 6.45) is 0. The van der Waals surface area contributed by atoms with Gasteiger partial charge in [0, 0.05) is 10.6 Å². The van der Waals surface area contributed by atoms with E-state index in [0.29, 0.717) is 16.3 Å². The van der Waals surface area contributed by atoms with Gasteiger partial charge in [0.25, 0.3) is 11.8 Å². The summed E-state index contributed by atoms with van der Waals surface area (Å²) in [4.78, 5) is 23.7. The highest BCUT2D eigenvalue weighted by Crippen LogP contribution is 2.24. The fourth-order valence-electron chi connectivity index (χ4n) is 2.40. The summed E-state index contributed by atoms with van der Waals surface area (Å²) < 4.78 is 5.56. The van der Waals surface area contributed by atoms with Crippen molar-refractivity contribution in [3.63, 3.8) is 0 Å². The molecule has 0 atom stereocenters. The van der Waals surface area contributed by atoms with E-state index < -0.39 is 11.8 Å². The maximum atomic E-state index is 11.9. The number of hydrazine groups is 1. The number of halogens is 1. The summed E-state index contributed by atoms with van der Waals surface area (Å²) in [6.45, 7) is 5.66. The Hall–Kier alpha value is -2.53. The van der Waals surface area contributed by atoms with Crippen LogP contribution in [0.15, 0.2) is 36.4 Å². The summed E-state index contributed by atoms with van der Waals surface area (Å²) in [7, 11) is 0. The van der Waals surface area contributed by atoms with Crippen LogP contribution in [0.1, 0.15) is 27.0 Å². The quantitative estimate of drug-likeness (QED) is 0.836. The van der Waals surface area contributed by atoms with Gasteiger partial charge in [-0.05, 0) is 50.1 Å². The summed E-state index contributed by atoms with van der Waals surface area (Å²) in [6, 6.07) is 10.4. The minimum Gasteiger partial charge on any atom is -0.483 e. The zero-order chi connectivity index (χ0) is 17.7. The molecule has 2 aromatic rings. The molecule has 0 heterocycles. The largest absolute Gasteiger partial charge is 0.483 e. The zero-order valence-corrected chi connectivity index (χ0v) is 14.5. The van der Waals surface area contributed by atoms with Crippen molar-refractivity contribution in [3.8, 4) is 5.75 Å². The lowest BCUT2D eigenvalue weighted by atomic mass is 10.1. The van der Waals surface area contributed by atoms with E-state index in [1.807, 2.05) is 32.9 Å². The first-order valence-corrected chi connectivity index (χ1v) is 7.80. The molecule has 0 aliphatic carbocycles. The molecule has 2 aromatic carbocycles. The Bertz CT molecular complexity index is 752. The first-order valence-electron chi connectivity index (χ1n) is 7.42. The normalized spacial score (nSPS) is 10.2. The molecule has 0 saturated carbocycles. The average molecular weight is 347 g/mol. The predicted octanol–water partition coefficient (Wildman–Crippen LogP) is 3.11. The van der Waals surface area contributed by atoms with Crippen LogP contribution in [0.3, 0.4) is 0 Å². The van der Waals surface area contributed by atoms with E-state index in [1.54, 1.807) is 18.2 Å². The van der Waals surface area contributed by atoms with E-state index in [1.165, 1.54) is 6.07 Å². The SMILES string of the molecule is Cc1cc(C)c(OCC(=O)NNC(=O)c2cccc(Cl)c2)c(C)c1. The number of hydrogen-bond acceptors (Lipinski definition) is 3. The van der Waals surface area contributed by atoms with E-state index in [0.717, 1.165) is 16.7 Å². The summed E-state index contributed by atoms with van der Waals surface area (Å²) >= 11 is 5.82. The highest BCUT2D eigenvalue weighted by Gasteiger charge is 2.10. The Labute approximate surface area is 145 Å². The number of benzene rings is 2. The van der Waals surface area contributed by atoms with E-state index in [9.17, 15) is 9.59 Å². The Balaban J connectivity index is 1.87. The van der Waals surface area contributed by atoms with Gasteiger partial charge >= 0.3 is 0 Å².